The number of nitrogens with two attached hydrogens (primary N) is 1. The van der Waals surface area contributed by atoms with Crippen LogP contribution in [0.2, 0.25) is 0 Å². The summed E-state index contributed by atoms with van der Waals surface area (Å²) in [5.41, 5.74) is 6.63. The van der Waals surface area contributed by atoms with Gasteiger partial charge in [0.1, 0.15) is 5.82 Å². The molecule has 3 nitrogen and oxygen atoms in total. The molecule has 0 radical (unpaired) electrons. The van der Waals surface area contributed by atoms with Crippen LogP contribution in [0.25, 0.3) is 0 Å². The molecule has 2 rings (SSSR count). The predicted octanol–water partition coefficient (Wildman–Crippen LogP) is 2.61. The molecular formula is C15H23BrFN3. The van der Waals surface area contributed by atoms with Crippen LogP contribution < -0.4 is 5.73 Å². The smallest absolute Gasteiger partial charge is 0.129 e. The Labute approximate surface area is 129 Å². The molecule has 0 aliphatic carbocycles. The van der Waals surface area contributed by atoms with E-state index in [1.807, 2.05) is 12.1 Å². The zero-order valence-electron chi connectivity index (χ0n) is 12.3. The minimum absolute atomic E-state index is 0.0540. The lowest BCUT2D eigenvalue weighted by Crippen LogP contribution is -2.56. The van der Waals surface area contributed by atoms with Gasteiger partial charge >= 0.3 is 0 Å². The Bertz CT molecular complexity index is 456. The standard InChI is InChI=1S/C15H23BrFN3/c1-10-8-20(9-11(2)19(10)3)15(7-18)13-5-4-12(16)6-14(13)17/h4-6,10-11,15H,7-9,18H2,1-3H3. The highest BCUT2D eigenvalue weighted by Crippen LogP contribution is 2.28. The number of benzene rings is 1. The lowest BCUT2D eigenvalue weighted by Gasteiger charge is -2.45. The van der Waals surface area contributed by atoms with Gasteiger partial charge in [-0.05, 0) is 33.0 Å². The molecule has 0 spiro atoms. The summed E-state index contributed by atoms with van der Waals surface area (Å²) in [6.45, 7) is 6.67. The summed E-state index contributed by atoms with van der Waals surface area (Å²) in [6, 6.07) is 6.08. The molecular weight excluding hydrogens is 321 g/mol. The number of likely N-dealkylation sites (N-methyl/N-ethyl adjacent to an activating group) is 1. The van der Waals surface area contributed by atoms with Gasteiger partial charge in [-0.15, -0.1) is 0 Å². The van der Waals surface area contributed by atoms with Gasteiger partial charge in [0.15, 0.2) is 0 Å². The summed E-state index contributed by atoms with van der Waals surface area (Å²) in [7, 11) is 2.14. The molecule has 1 heterocycles. The fourth-order valence-electron chi connectivity index (χ4n) is 2.94. The maximum Gasteiger partial charge on any atom is 0.129 e. The molecule has 1 aliphatic heterocycles. The van der Waals surface area contributed by atoms with Gasteiger partial charge in [-0.1, -0.05) is 22.0 Å². The van der Waals surface area contributed by atoms with E-state index in [1.54, 1.807) is 0 Å². The summed E-state index contributed by atoms with van der Waals surface area (Å²) < 4.78 is 14.9. The van der Waals surface area contributed by atoms with Gasteiger partial charge in [0.2, 0.25) is 0 Å². The van der Waals surface area contributed by atoms with E-state index in [-0.39, 0.29) is 11.9 Å². The molecule has 1 fully saturated rings. The van der Waals surface area contributed by atoms with E-state index < -0.39 is 0 Å². The normalized spacial score (nSPS) is 26.7. The average Bonchev–Trinajstić information content (AvgIpc) is 2.39. The van der Waals surface area contributed by atoms with Gasteiger partial charge in [0, 0.05) is 41.8 Å². The Morgan fingerprint density at radius 1 is 1.35 bits per heavy atom. The molecule has 0 bridgehead atoms. The van der Waals surface area contributed by atoms with Crippen molar-refractivity contribution in [1.82, 2.24) is 9.80 Å². The SMILES string of the molecule is CC1CN(C(CN)c2ccc(Br)cc2F)CC(C)N1C. The molecule has 3 unspecified atom stereocenters. The van der Waals surface area contributed by atoms with Crippen LogP contribution in [0, 0.1) is 5.82 Å². The fraction of sp³-hybridized carbons (Fsp3) is 0.600. The first-order valence-corrected chi connectivity index (χ1v) is 7.84. The topological polar surface area (TPSA) is 32.5 Å². The van der Waals surface area contributed by atoms with Crippen molar-refractivity contribution in [2.45, 2.75) is 32.0 Å². The highest BCUT2D eigenvalue weighted by atomic mass is 79.9. The van der Waals surface area contributed by atoms with Crippen LogP contribution in [0.5, 0.6) is 0 Å². The van der Waals surface area contributed by atoms with Crippen LogP contribution >= 0.6 is 15.9 Å². The molecule has 0 amide bonds. The van der Waals surface area contributed by atoms with Gasteiger partial charge in [-0.2, -0.15) is 0 Å². The predicted molar refractivity (Wildman–Crippen MR) is 84.2 cm³/mol. The zero-order valence-corrected chi connectivity index (χ0v) is 13.9. The summed E-state index contributed by atoms with van der Waals surface area (Å²) in [4.78, 5) is 4.67. The Morgan fingerprint density at radius 2 is 1.95 bits per heavy atom. The molecule has 1 aliphatic rings. The molecule has 5 heteroatoms. The molecule has 0 aromatic heterocycles. The molecule has 20 heavy (non-hydrogen) atoms. The molecule has 1 saturated heterocycles. The number of nitrogens with zero attached hydrogens (tertiary/aromatic N) is 2. The largest absolute Gasteiger partial charge is 0.329 e. The second-order valence-electron chi connectivity index (χ2n) is 5.73. The lowest BCUT2D eigenvalue weighted by molar-refractivity contribution is 0.0343. The molecule has 112 valence electrons. The second-order valence-corrected chi connectivity index (χ2v) is 6.65. The Balaban J connectivity index is 2.24. The van der Waals surface area contributed by atoms with E-state index in [9.17, 15) is 4.39 Å². The Morgan fingerprint density at radius 3 is 2.45 bits per heavy atom. The quantitative estimate of drug-likeness (QED) is 0.915. The van der Waals surface area contributed by atoms with E-state index in [1.165, 1.54) is 6.07 Å². The number of rotatable bonds is 3. The van der Waals surface area contributed by atoms with Gasteiger partial charge in [-0.25, -0.2) is 4.39 Å². The summed E-state index contributed by atoms with van der Waals surface area (Å²) >= 11 is 3.30. The van der Waals surface area contributed by atoms with E-state index in [0.29, 0.717) is 24.2 Å². The fourth-order valence-corrected chi connectivity index (χ4v) is 3.28. The first kappa shape index (κ1) is 15.9. The lowest BCUT2D eigenvalue weighted by atomic mass is 10.0. The highest BCUT2D eigenvalue weighted by molar-refractivity contribution is 9.10. The maximum atomic E-state index is 14.2. The summed E-state index contributed by atoms with van der Waals surface area (Å²) in [5, 5.41) is 0. The summed E-state index contributed by atoms with van der Waals surface area (Å²) in [6.07, 6.45) is 0. The Hall–Kier alpha value is -0.490. The van der Waals surface area contributed by atoms with E-state index in [0.717, 1.165) is 17.6 Å². The monoisotopic (exact) mass is 343 g/mol. The molecule has 1 aromatic carbocycles. The first-order valence-electron chi connectivity index (χ1n) is 7.05. The van der Waals surface area contributed by atoms with Crippen LogP contribution in [-0.2, 0) is 0 Å². The van der Waals surface area contributed by atoms with Gasteiger partial charge in [0.25, 0.3) is 0 Å². The molecule has 3 atom stereocenters. The second kappa shape index (κ2) is 6.52. The first-order chi connectivity index (χ1) is 9.43. The summed E-state index contributed by atoms with van der Waals surface area (Å²) in [5.74, 6) is -0.186. The van der Waals surface area contributed by atoms with Crippen LogP contribution in [0.4, 0.5) is 4.39 Å². The third kappa shape index (κ3) is 3.22. The van der Waals surface area contributed by atoms with Crippen LogP contribution in [0.3, 0.4) is 0 Å². The number of hydrogen-bond donors (Lipinski definition) is 1. The van der Waals surface area contributed by atoms with Crippen molar-refractivity contribution in [3.63, 3.8) is 0 Å². The minimum Gasteiger partial charge on any atom is -0.329 e. The highest BCUT2D eigenvalue weighted by Gasteiger charge is 2.31. The van der Waals surface area contributed by atoms with Gasteiger partial charge in [0.05, 0.1) is 6.04 Å². The van der Waals surface area contributed by atoms with Crippen molar-refractivity contribution in [3.8, 4) is 0 Å². The third-order valence-corrected chi connectivity index (χ3v) is 4.87. The molecule has 1 aromatic rings. The number of piperazine rings is 1. The van der Waals surface area contributed by atoms with Crippen molar-refractivity contribution >= 4 is 15.9 Å². The van der Waals surface area contributed by atoms with Crippen LogP contribution in [-0.4, -0.2) is 48.6 Å². The van der Waals surface area contributed by atoms with E-state index in [2.05, 4.69) is 46.6 Å². The van der Waals surface area contributed by atoms with Gasteiger partial charge in [-0.3, -0.25) is 9.80 Å². The van der Waals surface area contributed by atoms with Crippen molar-refractivity contribution in [3.05, 3.63) is 34.1 Å². The zero-order chi connectivity index (χ0) is 14.9. The molecule has 0 saturated carbocycles. The van der Waals surface area contributed by atoms with E-state index in [4.69, 9.17) is 5.73 Å². The average molecular weight is 344 g/mol. The van der Waals surface area contributed by atoms with Gasteiger partial charge < -0.3 is 5.73 Å². The van der Waals surface area contributed by atoms with Crippen molar-refractivity contribution in [2.24, 2.45) is 5.73 Å². The van der Waals surface area contributed by atoms with Crippen molar-refractivity contribution in [2.75, 3.05) is 26.7 Å². The van der Waals surface area contributed by atoms with Crippen molar-refractivity contribution in [1.29, 1.82) is 0 Å². The van der Waals surface area contributed by atoms with Crippen LogP contribution in [0.15, 0.2) is 22.7 Å². The number of hydrogen-bond acceptors (Lipinski definition) is 3. The van der Waals surface area contributed by atoms with E-state index >= 15 is 0 Å². The minimum atomic E-state index is -0.186. The van der Waals surface area contributed by atoms with Crippen LogP contribution in [0.1, 0.15) is 25.5 Å². The van der Waals surface area contributed by atoms with Crippen molar-refractivity contribution < 1.29 is 4.39 Å². The third-order valence-electron chi connectivity index (χ3n) is 4.37. The molecule has 2 N–H and O–H groups in total. The Kier molecular flexibility index (Phi) is 5.18. The number of halogens is 2. The maximum absolute atomic E-state index is 14.2.